The number of rotatable bonds is 8. The molecule has 1 atom stereocenters. The Morgan fingerprint density at radius 1 is 1.02 bits per heavy atom. The van der Waals surface area contributed by atoms with E-state index in [0.29, 0.717) is 39.1 Å². The summed E-state index contributed by atoms with van der Waals surface area (Å²) in [7, 11) is 1.54. The maximum atomic E-state index is 14.1. The van der Waals surface area contributed by atoms with Crippen molar-refractivity contribution in [3.8, 4) is 27.3 Å². The van der Waals surface area contributed by atoms with Gasteiger partial charge in [0.25, 0.3) is 0 Å². The van der Waals surface area contributed by atoms with Crippen LogP contribution < -0.4 is 66.5 Å². The molecule has 1 fully saturated rings. The SMILES string of the molecule is COc1cc(-c2sc(Cl)cc2NC(=O)O[C@H](C)c2cc(F)ccc2F)ccc1-c1ccc(C2(C(=O)[O-])CC2)cc1.[K+]. The fraction of sp³-hybridized carbons (Fsp3) is 0.200. The molecule has 4 aromatic rings. The van der Waals surface area contributed by atoms with Crippen molar-refractivity contribution >= 4 is 40.7 Å². The van der Waals surface area contributed by atoms with Crippen LogP contribution in [0.2, 0.25) is 4.34 Å². The van der Waals surface area contributed by atoms with Gasteiger partial charge in [-0.2, -0.15) is 0 Å². The molecule has 1 aromatic heterocycles. The van der Waals surface area contributed by atoms with Gasteiger partial charge in [0.1, 0.15) is 23.5 Å². The molecule has 0 radical (unpaired) electrons. The van der Waals surface area contributed by atoms with Crippen molar-refractivity contribution in [1.29, 1.82) is 0 Å². The van der Waals surface area contributed by atoms with Crippen LogP contribution in [-0.2, 0) is 14.9 Å². The Balaban J connectivity index is 0.00000387. The number of hydrogen-bond donors (Lipinski definition) is 1. The fourth-order valence-electron chi connectivity index (χ4n) is 4.63. The average molecular weight is 622 g/mol. The molecule has 0 aliphatic heterocycles. The third-order valence-electron chi connectivity index (χ3n) is 6.97. The molecule has 0 bridgehead atoms. The number of methoxy groups -OCH3 is 1. The molecule has 1 heterocycles. The van der Waals surface area contributed by atoms with E-state index in [1.165, 1.54) is 25.4 Å². The third-order valence-corrected chi connectivity index (χ3v) is 8.28. The van der Waals surface area contributed by atoms with Crippen LogP contribution in [0.5, 0.6) is 5.75 Å². The number of hydrogen-bond acceptors (Lipinski definition) is 6. The van der Waals surface area contributed by atoms with Crippen molar-refractivity contribution in [2.45, 2.75) is 31.3 Å². The summed E-state index contributed by atoms with van der Waals surface area (Å²) in [4.78, 5) is 24.8. The van der Waals surface area contributed by atoms with Crippen molar-refractivity contribution in [3.63, 3.8) is 0 Å². The number of aliphatic carboxylic acids is 1. The number of nitrogens with one attached hydrogen (secondary N) is 1. The van der Waals surface area contributed by atoms with Crippen LogP contribution in [0.3, 0.4) is 0 Å². The molecule has 0 spiro atoms. The van der Waals surface area contributed by atoms with Crippen LogP contribution >= 0.6 is 22.9 Å². The van der Waals surface area contributed by atoms with Crippen LogP contribution in [0.15, 0.2) is 66.7 Å². The predicted molar refractivity (Wildman–Crippen MR) is 148 cm³/mol. The van der Waals surface area contributed by atoms with E-state index in [2.05, 4.69) is 5.32 Å². The second kappa shape index (κ2) is 12.9. The monoisotopic (exact) mass is 621 g/mol. The molecular weight excluding hydrogens is 599 g/mol. The third kappa shape index (κ3) is 6.69. The summed E-state index contributed by atoms with van der Waals surface area (Å²) in [6.07, 6.45) is -0.762. The molecular formula is C30H23ClF2KNO5S. The van der Waals surface area contributed by atoms with E-state index in [1.807, 2.05) is 24.3 Å². The van der Waals surface area contributed by atoms with E-state index >= 15 is 0 Å². The molecule has 5 rings (SSSR count). The summed E-state index contributed by atoms with van der Waals surface area (Å²) >= 11 is 7.51. The number of carboxylic acids is 1. The molecule has 41 heavy (non-hydrogen) atoms. The number of carbonyl (C=O) groups is 2. The first-order valence-corrected chi connectivity index (χ1v) is 13.5. The summed E-state index contributed by atoms with van der Waals surface area (Å²) in [5.41, 5.74) is 2.46. The smallest absolute Gasteiger partial charge is 0.549 e. The molecule has 11 heteroatoms. The molecule has 206 valence electrons. The van der Waals surface area contributed by atoms with Gasteiger partial charge in [-0.1, -0.05) is 48.0 Å². The summed E-state index contributed by atoms with van der Waals surface area (Å²) in [5.74, 6) is -1.83. The number of thiophene rings is 1. The summed E-state index contributed by atoms with van der Waals surface area (Å²) in [6.45, 7) is 1.44. The zero-order chi connectivity index (χ0) is 28.6. The molecule has 1 saturated carbocycles. The molecule has 1 aliphatic rings. The van der Waals surface area contributed by atoms with Gasteiger partial charge >= 0.3 is 57.5 Å². The van der Waals surface area contributed by atoms with Crippen LogP contribution in [0.25, 0.3) is 21.6 Å². The number of anilines is 1. The number of amides is 1. The average Bonchev–Trinajstić information content (AvgIpc) is 3.67. The van der Waals surface area contributed by atoms with Gasteiger partial charge in [0.05, 0.1) is 28.0 Å². The fourth-order valence-corrected chi connectivity index (χ4v) is 5.81. The first kappa shape index (κ1) is 31.6. The van der Waals surface area contributed by atoms with Gasteiger partial charge < -0.3 is 19.4 Å². The predicted octanol–water partition coefficient (Wildman–Crippen LogP) is 4.12. The number of ether oxygens (including phenoxy) is 2. The summed E-state index contributed by atoms with van der Waals surface area (Å²) in [5, 5.41) is 14.2. The van der Waals surface area contributed by atoms with E-state index in [4.69, 9.17) is 21.1 Å². The molecule has 1 aliphatic carbocycles. The van der Waals surface area contributed by atoms with Crippen molar-refractivity contribution in [2.24, 2.45) is 0 Å². The zero-order valence-electron chi connectivity index (χ0n) is 22.4. The number of carboxylic acid groups (broad SMARTS) is 1. The number of carbonyl (C=O) groups excluding carboxylic acids is 2. The second-order valence-corrected chi connectivity index (χ2v) is 11.2. The van der Waals surface area contributed by atoms with Crippen LogP contribution in [0.4, 0.5) is 19.3 Å². The van der Waals surface area contributed by atoms with E-state index in [9.17, 15) is 23.5 Å². The van der Waals surface area contributed by atoms with Crippen molar-refractivity contribution < 1.29 is 84.3 Å². The van der Waals surface area contributed by atoms with Crippen LogP contribution in [0, 0.1) is 11.6 Å². The van der Waals surface area contributed by atoms with Gasteiger partial charge in [-0.15, -0.1) is 11.3 Å². The van der Waals surface area contributed by atoms with E-state index in [-0.39, 0.29) is 56.9 Å². The van der Waals surface area contributed by atoms with Gasteiger partial charge in [-0.05, 0) is 66.8 Å². The molecule has 1 N–H and O–H groups in total. The Morgan fingerprint density at radius 2 is 1.71 bits per heavy atom. The van der Waals surface area contributed by atoms with Gasteiger partial charge in [-0.25, -0.2) is 13.6 Å². The quantitative estimate of drug-likeness (QED) is 0.299. The minimum atomic E-state index is -1.05. The van der Waals surface area contributed by atoms with Crippen molar-refractivity contribution in [2.75, 3.05) is 12.4 Å². The first-order chi connectivity index (χ1) is 19.1. The minimum absolute atomic E-state index is 0. The van der Waals surface area contributed by atoms with Crippen LogP contribution in [-0.4, -0.2) is 19.2 Å². The number of benzene rings is 3. The molecule has 1 amide bonds. The topological polar surface area (TPSA) is 87.7 Å². The summed E-state index contributed by atoms with van der Waals surface area (Å²) in [6, 6.07) is 17.3. The van der Waals surface area contributed by atoms with Gasteiger partial charge in [0, 0.05) is 16.5 Å². The normalized spacial score (nSPS) is 14.0. The van der Waals surface area contributed by atoms with Gasteiger partial charge in [0.15, 0.2) is 0 Å². The summed E-state index contributed by atoms with van der Waals surface area (Å²) < 4.78 is 39.0. The Bertz CT molecular complexity index is 1610. The number of halogens is 3. The Labute approximate surface area is 287 Å². The molecule has 0 saturated heterocycles. The van der Waals surface area contributed by atoms with E-state index in [0.717, 1.165) is 34.9 Å². The molecule has 3 aromatic carbocycles. The Morgan fingerprint density at radius 3 is 2.34 bits per heavy atom. The van der Waals surface area contributed by atoms with Crippen molar-refractivity contribution in [3.05, 3.63) is 93.8 Å². The minimum Gasteiger partial charge on any atom is -0.549 e. The maximum Gasteiger partial charge on any atom is 1.00 e. The maximum absolute atomic E-state index is 14.1. The largest absolute Gasteiger partial charge is 1.00 e. The van der Waals surface area contributed by atoms with E-state index < -0.39 is 35.2 Å². The zero-order valence-corrected chi connectivity index (χ0v) is 27.1. The Hall–Kier alpha value is -2.31. The molecule has 6 nitrogen and oxygen atoms in total. The first-order valence-electron chi connectivity index (χ1n) is 12.3. The van der Waals surface area contributed by atoms with Crippen molar-refractivity contribution in [1.82, 2.24) is 0 Å². The Kier molecular flexibility index (Phi) is 9.95. The van der Waals surface area contributed by atoms with Gasteiger partial charge in [0.2, 0.25) is 0 Å². The second-order valence-electron chi connectivity index (χ2n) is 9.49. The standard InChI is InChI=1S/C30H24ClF2NO5S.K/c1-16(22-14-20(32)8-10-23(22)33)39-29(37)34-24-15-26(31)40-27(24)18-5-9-21(25(13-18)38-2)17-3-6-19(7-4-17)30(11-12-30)28(35)36;/h3-10,13-16H,11-12H2,1-2H3,(H,34,37)(H,35,36);/q;+1/p-1/t16-;/m1./s1. The van der Waals surface area contributed by atoms with Gasteiger partial charge in [-0.3, -0.25) is 5.32 Å². The molecule has 0 unspecified atom stereocenters. The van der Waals surface area contributed by atoms with Crippen LogP contribution in [0.1, 0.15) is 37.0 Å². The van der Waals surface area contributed by atoms with E-state index in [1.54, 1.807) is 24.3 Å².